The maximum atomic E-state index is 12.0. The van der Waals surface area contributed by atoms with Crippen molar-refractivity contribution in [2.45, 2.75) is 20.3 Å². The second-order valence-corrected chi connectivity index (χ2v) is 5.93. The van der Waals surface area contributed by atoms with Crippen LogP contribution in [-0.4, -0.2) is 32.2 Å². The van der Waals surface area contributed by atoms with Gasteiger partial charge in [-0.05, 0) is 60.9 Å². The number of rotatable bonds is 7. The Morgan fingerprint density at radius 1 is 0.963 bits per heavy atom. The highest BCUT2D eigenvalue weighted by atomic mass is 16.5. The van der Waals surface area contributed by atoms with Gasteiger partial charge in [0.15, 0.2) is 11.5 Å². The highest BCUT2D eigenvalue weighted by Gasteiger charge is 2.09. The van der Waals surface area contributed by atoms with E-state index in [-0.39, 0.29) is 6.42 Å². The van der Waals surface area contributed by atoms with Crippen molar-refractivity contribution in [3.8, 4) is 11.5 Å². The summed E-state index contributed by atoms with van der Waals surface area (Å²) in [5, 5.41) is 6.55. The monoisotopic (exact) mass is 369 g/mol. The van der Waals surface area contributed by atoms with Crippen LogP contribution in [0.2, 0.25) is 0 Å². The molecule has 0 aliphatic rings. The minimum Gasteiger partial charge on any atom is -0.493 e. The second kappa shape index (κ2) is 9.38. The summed E-state index contributed by atoms with van der Waals surface area (Å²) in [6.07, 6.45) is 1.14. The average Bonchev–Trinajstić information content (AvgIpc) is 2.64. The van der Waals surface area contributed by atoms with Crippen LogP contribution in [0, 0.1) is 13.8 Å². The maximum absolute atomic E-state index is 12.0. The summed E-state index contributed by atoms with van der Waals surface area (Å²) >= 11 is 0. The highest BCUT2D eigenvalue weighted by molar-refractivity contribution is 6.03. The van der Waals surface area contributed by atoms with E-state index in [4.69, 9.17) is 9.47 Å². The SMILES string of the molecule is COc1ccc(C=NNC(=O)CC(=O)Nc2ccc(C)c(C)c2)cc1OC. The molecule has 2 N–H and O–H groups in total. The molecule has 0 saturated carbocycles. The van der Waals surface area contributed by atoms with Gasteiger partial charge in [-0.1, -0.05) is 6.07 Å². The lowest BCUT2D eigenvalue weighted by Gasteiger charge is -2.08. The summed E-state index contributed by atoms with van der Waals surface area (Å²) in [4.78, 5) is 23.8. The minimum absolute atomic E-state index is 0.323. The van der Waals surface area contributed by atoms with Crippen LogP contribution in [0.1, 0.15) is 23.1 Å². The van der Waals surface area contributed by atoms with Crippen LogP contribution in [0.5, 0.6) is 11.5 Å². The molecule has 0 aliphatic heterocycles. The predicted octanol–water partition coefficient (Wildman–Crippen LogP) is 2.80. The summed E-state index contributed by atoms with van der Waals surface area (Å²) in [7, 11) is 3.09. The van der Waals surface area contributed by atoms with Crippen molar-refractivity contribution in [1.82, 2.24) is 5.43 Å². The molecule has 0 saturated heterocycles. The molecule has 7 nitrogen and oxygen atoms in total. The van der Waals surface area contributed by atoms with E-state index in [2.05, 4.69) is 15.8 Å². The number of carbonyl (C=O) groups excluding carboxylic acids is 2. The van der Waals surface area contributed by atoms with Crippen molar-refractivity contribution >= 4 is 23.7 Å². The van der Waals surface area contributed by atoms with Crippen LogP contribution < -0.4 is 20.2 Å². The Morgan fingerprint density at radius 2 is 1.70 bits per heavy atom. The zero-order valence-electron chi connectivity index (χ0n) is 15.8. The lowest BCUT2D eigenvalue weighted by molar-refractivity contribution is -0.126. The number of amides is 2. The number of anilines is 1. The van der Waals surface area contributed by atoms with E-state index < -0.39 is 11.8 Å². The second-order valence-electron chi connectivity index (χ2n) is 5.93. The molecule has 2 aromatic rings. The molecule has 27 heavy (non-hydrogen) atoms. The number of methoxy groups -OCH3 is 2. The lowest BCUT2D eigenvalue weighted by Crippen LogP contribution is -2.24. The molecule has 0 aromatic heterocycles. The van der Waals surface area contributed by atoms with Crippen molar-refractivity contribution in [1.29, 1.82) is 0 Å². The van der Waals surface area contributed by atoms with Crippen LogP contribution in [0.3, 0.4) is 0 Å². The zero-order valence-corrected chi connectivity index (χ0v) is 15.8. The van der Waals surface area contributed by atoms with Gasteiger partial charge < -0.3 is 14.8 Å². The molecule has 0 bridgehead atoms. The van der Waals surface area contributed by atoms with Gasteiger partial charge in [0.1, 0.15) is 6.42 Å². The minimum atomic E-state index is -0.506. The molecule has 142 valence electrons. The third kappa shape index (κ3) is 5.85. The van der Waals surface area contributed by atoms with Crippen molar-refractivity contribution in [2.24, 2.45) is 5.10 Å². The number of aryl methyl sites for hydroxylation is 2. The molecular formula is C20H23N3O4. The normalized spacial score (nSPS) is 10.5. The largest absolute Gasteiger partial charge is 0.493 e. The number of hydrazone groups is 1. The summed E-state index contributed by atoms with van der Waals surface area (Å²) in [6.45, 7) is 3.95. The summed E-state index contributed by atoms with van der Waals surface area (Å²) in [5.74, 6) is 0.243. The molecule has 2 amide bonds. The molecule has 0 spiro atoms. The first kappa shape index (κ1) is 20.0. The molecule has 0 fully saturated rings. The fourth-order valence-electron chi connectivity index (χ4n) is 2.32. The van der Waals surface area contributed by atoms with E-state index in [1.165, 1.54) is 13.3 Å². The van der Waals surface area contributed by atoms with E-state index >= 15 is 0 Å². The average molecular weight is 369 g/mol. The predicted molar refractivity (Wildman–Crippen MR) is 104 cm³/mol. The molecule has 0 unspecified atom stereocenters. The summed E-state index contributed by atoms with van der Waals surface area (Å²) in [6, 6.07) is 10.8. The molecule has 7 heteroatoms. The van der Waals surface area contributed by atoms with Crippen LogP contribution >= 0.6 is 0 Å². The van der Waals surface area contributed by atoms with E-state index in [9.17, 15) is 9.59 Å². The van der Waals surface area contributed by atoms with E-state index in [0.29, 0.717) is 22.7 Å². The lowest BCUT2D eigenvalue weighted by atomic mass is 10.1. The van der Waals surface area contributed by atoms with Crippen LogP contribution in [0.4, 0.5) is 5.69 Å². The highest BCUT2D eigenvalue weighted by Crippen LogP contribution is 2.26. The van der Waals surface area contributed by atoms with Gasteiger partial charge in [0, 0.05) is 5.69 Å². The number of benzene rings is 2. The Labute approximate surface area is 158 Å². The van der Waals surface area contributed by atoms with Crippen molar-refractivity contribution in [3.05, 3.63) is 53.1 Å². The van der Waals surface area contributed by atoms with E-state index in [0.717, 1.165) is 11.1 Å². The quantitative estimate of drug-likeness (QED) is 0.446. The van der Waals surface area contributed by atoms with Gasteiger partial charge >= 0.3 is 0 Å². The Bertz CT molecular complexity index is 862. The fraction of sp³-hybridized carbons (Fsp3) is 0.250. The first-order valence-electron chi connectivity index (χ1n) is 8.34. The summed E-state index contributed by atoms with van der Waals surface area (Å²) in [5.41, 5.74) is 5.91. The number of ether oxygens (including phenoxy) is 2. The van der Waals surface area contributed by atoms with Gasteiger partial charge in [0.05, 0.1) is 20.4 Å². The molecular weight excluding hydrogens is 346 g/mol. The number of carbonyl (C=O) groups is 2. The van der Waals surface area contributed by atoms with Crippen molar-refractivity contribution < 1.29 is 19.1 Å². The Hall–Kier alpha value is -3.35. The van der Waals surface area contributed by atoms with Gasteiger partial charge in [-0.15, -0.1) is 0 Å². The molecule has 0 atom stereocenters. The Balaban J connectivity index is 1.87. The fourth-order valence-corrected chi connectivity index (χ4v) is 2.32. The molecule has 2 rings (SSSR count). The summed E-state index contributed by atoms with van der Waals surface area (Å²) < 4.78 is 10.4. The van der Waals surface area contributed by atoms with E-state index in [1.807, 2.05) is 26.0 Å². The van der Waals surface area contributed by atoms with Crippen LogP contribution in [-0.2, 0) is 9.59 Å². The first-order chi connectivity index (χ1) is 12.9. The number of hydrogen-bond acceptors (Lipinski definition) is 5. The zero-order chi connectivity index (χ0) is 19.8. The molecule has 0 radical (unpaired) electrons. The Kier molecular flexibility index (Phi) is 6.93. The Morgan fingerprint density at radius 3 is 2.37 bits per heavy atom. The van der Waals surface area contributed by atoms with Gasteiger partial charge in [-0.3, -0.25) is 9.59 Å². The number of hydrogen-bond donors (Lipinski definition) is 2. The van der Waals surface area contributed by atoms with E-state index in [1.54, 1.807) is 31.4 Å². The molecule has 0 heterocycles. The molecule has 0 aliphatic carbocycles. The maximum Gasteiger partial charge on any atom is 0.249 e. The topological polar surface area (TPSA) is 89.0 Å². The van der Waals surface area contributed by atoms with Gasteiger partial charge in [0.25, 0.3) is 0 Å². The van der Waals surface area contributed by atoms with Gasteiger partial charge in [-0.25, -0.2) is 5.43 Å². The number of nitrogens with one attached hydrogen (secondary N) is 2. The first-order valence-corrected chi connectivity index (χ1v) is 8.34. The number of nitrogens with zero attached hydrogens (tertiary/aromatic N) is 1. The third-order valence-electron chi connectivity index (χ3n) is 3.92. The van der Waals surface area contributed by atoms with Gasteiger partial charge in [-0.2, -0.15) is 5.10 Å². The van der Waals surface area contributed by atoms with Crippen molar-refractivity contribution in [3.63, 3.8) is 0 Å². The third-order valence-corrected chi connectivity index (χ3v) is 3.92. The van der Waals surface area contributed by atoms with Gasteiger partial charge in [0.2, 0.25) is 11.8 Å². The van der Waals surface area contributed by atoms with Crippen LogP contribution in [0.25, 0.3) is 0 Å². The standard InChI is InChI=1S/C20H23N3O4/c1-13-5-7-16(9-14(13)2)22-19(24)11-20(25)23-21-12-15-6-8-17(26-3)18(10-15)27-4/h5-10,12H,11H2,1-4H3,(H,22,24)(H,23,25). The molecule has 2 aromatic carbocycles. The smallest absolute Gasteiger partial charge is 0.249 e. The van der Waals surface area contributed by atoms with Crippen molar-refractivity contribution in [2.75, 3.05) is 19.5 Å². The van der Waals surface area contributed by atoms with Crippen LogP contribution in [0.15, 0.2) is 41.5 Å².